The van der Waals surface area contributed by atoms with Crippen LogP contribution in [0.3, 0.4) is 0 Å². The van der Waals surface area contributed by atoms with Crippen LogP contribution >= 0.6 is 11.6 Å². The second kappa shape index (κ2) is 11.1. The number of hydrogen-bond acceptors (Lipinski definition) is 7. The third kappa shape index (κ3) is 5.71. The number of aromatic nitrogens is 2. The summed E-state index contributed by atoms with van der Waals surface area (Å²) in [6.07, 6.45) is 3.78. The maximum absolute atomic E-state index is 12.9. The minimum absolute atomic E-state index is 0.173. The van der Waals surface area contributed by atoms with E-state index < -0.39 is 5.91 Å². The van der Waals surface area contributed by atoms with Crippen LogP contribution in [0.25, 0.3) is 0 Å². The Hall–Kier alpha value is -3.36. The molecule has 36 heavy (non-hydrogen) atoms. The van der Waals surface area contributed by atoms with Gasteiger partial charge in [-0.1, -0.05) is 23.7 Å². The van der Waals surface area contributed by atoms with Gasteiger partial charge in [0.25, 0.3) is 5.91 Å². The number of piperidine rings is 1. The molecule has 0 aliphatic carbocycles. The van der Waals surface area contributed by atoms with E-state index in [0.717, 1.165) is 37.2 Å². The van der Waals surface area contributed by atoms with Gasteiger partial charge in [0.2, 0.25) is 11.8 Å². The van der Waals surface area contributed by atoms with Gasteiger partial charge in [-0.2, -0.15) is 4.98 Å². The molecule has 1 aliphatic heterocycles. The average molecular weight is 509 g/mol. The van der Waals surface area contributed by atoms with Crippen LogP contribution in [-0.4, -0.2) is 61.1 Å². The summed E-state index contributed by atoms with van der Waals surface area (Å²) in [7, 11) is 5.78. The van der Waals surface area contributed by atoms with Gasteiger partial charge in [0.05, 0.1) is 17.8 Å². The number of carbonyl (C=O) groups is 1. The molecule has 0 bridgehead atoms. The first-order valence-corrected chi connectivity index (χ1v) is 12.4. The summed E-state index contributed by atoms with van der Waals surface area (Å²) < 4.78 is 5.40. The van der Waals surface area contributed by atoms with Crippen LogP contribution in [0.1, 0.15) is 34.3 Å². The predicted molar refractivity (Wildman–Crippen MR) is 146 cm³/mol. The second-order valence-electron chi connectivity index (χ2n) is 9.31. The molecule has 9 heteroatoms. The van der Waals surface area contributed by atoms with Crippen molar-refractivity contribution in [3.05, 3.63) is 64.3 Å². The minimum atomic E-state index is -0.396. The number of para-hydroxylation sites is 1. The number of aryl methyl sites for hydroxylation is 2. The van der Waals surface area contributed by atoms with Crippen LogP contribution in [0.2, 0.25) is 5.02 Å². The number of halogens is 1. The number of nitrogens with one attached hydrogen (secondary N) is 2. The van der Waals surface area contributed by atoms with Gasteiger partial charge in [-0.05, 0) is 76.2 Å². The summed E-state index contributed by atoms with van der Waals surface area (Å²) >= 11 is 6.25. The first kappa shape index (κ1) is 25.7. The van der Waals surface area contributed by atoms with Crippen molar-refractivity contribution in [2.75, 3.05) is 49.8 Å². The summed E-state index contributed by atoms with van der Waals surface area (Å²) in [4.78, 5) is 26.4. The molecule has 0 saturated carbocycles. The number of anilines is 4. The van der Waals surface area contributed by atoms with E-state index in [9.17, 15) is 4.79 Å². The number of amides is 1. The Morgan fingerprint density at radius 3 is 2.53 bits per heavy atom. The van der Waals surface area contributed by atoms with E-state index in [1.54, 1.807) is 6.07 Å². The van der Waals surface area contributed by atoms with Crippen molar-refractivity contribution in [1.29, 1.82) is 0 Å². The van der Waals surface area contributed by atoms with Crippen LogP contribution in [-0.2, 0) is 0 Å². The first-order valence-electron chi connectivity index (χ1n) is 12.0. The third-order valence-electron chi connectivity index (χ3n) is 6.64. The Bertz CT molecular complexity index is 1220. The lowest BCUT2D eigenvalue weighted by Crippen LogP contribution is -2.42. The maximum Gasteiger partial charge on any atom is 0.262 e. The zero-order valence-corrected chi connectivity index (χ0v) is 22.2. The van der Waals surface area contributed by atoms with Gasteiger partial charge >= 0.3 is 0 Å². The molecule has 0 unspecified atom stereocenters. The van der Waals surface area contributed by atoms with Crippen molar-refractivity contribution in [3.63, 3.8) is 0 Å². The topological polar surface area (TPSA) is 82.6 Å². The van der Waals surface area contributed by atoms with Crippen LogP contribution in [0.15, 0.2) is 42.6 Å². The number of hydrogen-bond donors (Lipinski definition) is 2. The monoisotopic (exact) mass is 508 g/mol. The summed E-state index contributed by atoms with van der Waals surface area (Å²) in [6, 6.07) is 12.3. The van der Waals surface area contributed by atoms with E-state index in [-0.39, 0.29) is 11.4 Å². The van der Waals surface area contributed by atoms with Crippen LogP contribution in [0.4, 0.5) is 23.0 Å². The molecule has 2 aromatic carbocycles. The Labute approximate surface area is 217 Å². The largest absolute Gasteiger partial charge is 0.480 e. The lowest BCUT2D eigenvalue weighted by molar-refractivity contribution is 0.102. The number of nitrogens with zero attached hydrogens (tertiary/aromatic N) is 4. The highest BCUT2D eigenvalue weighted by Crippen LogP contribution is 2.30. The Morgan fingerprint density at radius 1 is 1.14 bits per heavy atom. The summed E-state index contributed by atoms with van der Waals surface area (Å²) in [5, 5.41) is 6.52. The van der Waals surface area contributed by atoms with Crippen LogP contribution in [0, 0.1) is 13.8 Å². The summed E-state index contributed by atoms with van der Waals surface area (Å²) in [5.41, 5.74) is 4.92. The molecule has 1 amide bonds. The highest BCUT2D eigenvalue weighted by Gasteiger charge is 2.22. The van der Waals surface area contributed by atoms with Crippen molar-refractivity contribution in [3.8, 4) is 5.88 Å². The number of rotatable bonds is 7. The Morgan fingerprint density at radius 2 is 1.89 bits per heavy atom. The van der Waals surface area contributed by atoms with Crippen LogP contribution < -0.4 is 20.3 Å². The van der Waals surface area contributed by atoms with E-state index >= 15 is 0 Å². The first-order chi connectivity index (χ1) is 17.3. The molecule has 4 rings (SSSR count). The molecule has 1 aromatic heterocycles. The normalized spacial score (nSPS) is 14.1. The number of benzene rings is 2. The Balaban J connectivity index is 1.46. The number of carbonyl (C=O) groups excluding carboxylic acids is 1. The van der Waals surface area contributed by atoms with E-state index in [0.29, 0.717) is 22.7 Å². The molecule has 2 heterocycles. The van der Waals surface area contributed by atoms with Gasteiger partial charge < -0.3 is 25.2 Å². The molecule has 8 nitrogen and oxygen atoms in total. The van der Waals surface area contributed by atoms with Gasteiger partial charge in [-0.25, -0.2) is 4.98 Å². The molecule has 0 radical (unpaired) electrons. The molecule has 3 aromatic rings. The fourth-order valence-corrected chi connectivity index (χ4v) is 4.82. The van der Waals surface area contributed by atoms with Gasteiger partial charge in [0.1, 0.15) is 5.56 Å². The quantitative estimate of drug-likeness (QED) is 0.449. The highest BCUT2D eigenvalue weighted by molar-refractivity contribution is 6.34. The second-order valence-corrected chi connectivity index (χ2v) is 9.72. The lowest BCUT2D eigenvalue weighted by atomic mass is 10.0. The van der Waals surface area contributed by atoms with Gasteiger partial charge in [0, 0.05) is 36.7 Å². The van der Waals surface area contributed by atoms with E-state index in [1.165, 1.54) is 24.6 Å². The molecule has 0 atom stereocenters. The molecule has 190 valence electrons. The lowest BCUT2D eigenvalue weighted by Gasteiger charge is -2.37. The van der Waals surface area contributed by atoms with Gasteiger partial charge in [-0.3, -0.25) is 4.79 Å². The molecule has 1 fully saturated rings. The molecule has 1 saturated heterocycles. The SMILES string of the molecule is COc1nc(Nc2ccc(N3CCC(N(C)C)CC3)c(C)c2)ncc1C(=O)Nc1c(C)cccc1Cl. The Kier molecular flexibility index (Phi) is 7.96. The fourth-order valence-electron chi connectivity index (χ4n) is 4.55. The third-order valence-corrected chi connectivity index (χ3v) is 6.96. The number of methoxy groups -OCH3 is 1. The zero-order chi connectivity index (χ0) is 25.8. The van der Waals surface area contributed by atoms with E-state index in [4.69, 9.17) is 16.3 Å². The molecular weight excluding hydrogens is 476 g/mol. The van der Waals surface area contributed by atoms with Crippen LogP contribution in [0.5, 0.6) is 5.88 Å². The maximum atomic E-state index is 12.9. The van der Waals surface area contributed by atoms with Crippen molar-refractivity contribution in [2.45, 2.75) is 32.7 Å². The molecular formula is C27H33ClN6O2. The zero-order valence-electron chi connectivity index (χ0n) is 21.4. The molecule has 1 aliphatic rings. The highest BCUT2D eigenvalue weighted by atomic mass is 35.5. The van der Waals surface area contributed by atoms with Gasteiger partial charge in [-0.15, -0.1) is 0 Å². The predicted octanol–water partition coefficient (Wildman–Crippen LogP) is 5.28. The molecule has 2 N–H and O–H groups in total. The average Bonchev–Trinajstić information content (AvgIpc) is 2.86. The summed E-state index contributed by atoms with van der Waals surface area (Å²) in [5.74, 6) is 0.121. The minimum Gasteiger partial charge on any atom is -0.480 e. The smallest absolute Gasteiger partial charge is 0.262 e. The molecule has 0 spiro atoms. The van der Waals surface area contributed by atoms with Crippen molar-refractivity contribution < 1.29 is 9.53 Å². The van der Waals surface area contributed by atoms with Gasteiger partial charge in [0.15, 0.2) is 0 Å². The standard InChI is InChI=1S/C27H33ClN6O2/c1-17-7-6-8-22(28)24(17)31-25(35)21-16-29-27(32-26(21)36-5)30-19-9-10-23(18(2)15-19)34-13-11-20(12-14-34)33(3)4/h6-10,15-16,20H,11-14H2,1-5H3,(H,31,35)(H,29,30,32). The van der Waals surface area contributed by atoms with E-state index in [1.807, 2.05) is 25.1 Å². The van der Waals surface area contributed by atoms with Crippen molar-refractivity contribution in [1.82, 2.24) is 14.9 Å². The fraction of sp³-hybridized carbons (Fsp3) is 0.370. The number of ether oxygens (including phenoxy) is 1. The van der Waals surface area contributed by atoms with E-state index in [2.05, 4.69) is 63.6 Å². The van der Waals surface area contributed by atoms with Crippen molar-refractivity contribution in [2.24, 2.45) is 0 Å². The summed E-state index contributed by atoms with van der Waals surface area (Å²) in [6.45, 7) is 6.09. The van der Waals surface area contributed by atoms with Crippen molar-refractivity contribution >= 4 is 40.5 Å².